The zero-order valence-corrected chi connectivity index (χ0v) is 8.89. The Hall–Kier alpha value is -1.57. The molecule has 0 saturated carbocycles. The first-order chi connectivity index (χ1) is 7.25. The second-order valence-electron chi connectivity index (χ2n) is 4.02. The van der Waals surface area contributed by atoms with Crippen molar-refractivity contribution in [2.24, 2.45) is 5.92 Å². The summed E-state index contributed by atoms with van der Waals surface area (Å²) in [6, 6.07) is 5.25. The van der Waals surface area contributed by atoms with Crippen molar-refractivity contribution in [2.75, 3.05) is 0 Å². The molecule has 2 heteroatoms. The summed E-state index contributed by atoms with van der Waals surface area (Å²) in [6.45, 7) is 2.87. The van der Waals surface area contributed by atoms with Gasteiger partial charge in [0.15, 0.2) is 0 Å². The van der Waals surface area contributed by atoms with Gasteiger partial charge in [-0.2, -0.15) is 0 Å². The van der Waals surface area contributed by atoms with Gasteiger partial charge in [-0.15, -0.1) is 0 Å². The van der Waals surface area contributed by atoms with Crippen molar-refractivity contribution in [1.29, 1.82) is 0 Å². The highest BCUT2D eigenvalue weighted by Crippen LogP contribution is 2.16. The van der Waals surface area contributed by atoms with Crippen molar-refractivity contribution in [2.45, 2.75) is 19.9 Å². The van der Waals surface area contributed by atoms with Gasteiger partial charge in [0.05, 0.1) is 6.54 Å². The molecule has 1 aromatic heterocycles. The maximum absolute atomic E-state index is 11.5. The maximum Gasteiger partial charge on any atom is 0.250 e. The Morgan fingerprint density at radius 1 is 1.47 bits per heavy atom. The highest BCUT2D eigenvalue weighted by molar-refractivity contribution is 5.23. The Kier molecular flexibility index (Phi) is 2.86. The average molecular weight is 201 g/mol. The molecule has 78 valence electrons. The lowest BCUT2D eigenvalue weighted by Crippen LogP contribution is -2.19. The highest BCUT2D eigenvalue weighted by Gasteiger charge is 2.04. The molecule has 1 heterocycles. The largest absolute Gasteiger partial charge is 0.311 e. The lowest BCUT2D eigenvalue weighted by molar-refractivity contribution is 0.694. The summed E-state index contributed by atoms with van der Waals surface area (Å²) < 4.78 is 1.73. The van der Waals surface area contributed by atoms with Crippen LogP contribution in [0.25, 0.3) is 0 Å². The van der Waals surface area contributed by atoms with Crippen molar-refractivity contribution in [3.63, 3.8) is 0 Å². The van der Waals surface area contributed by atoms with Crippen molar-refractivity contribution >= 4 is 0 Å². The van der Waals surface area contributed by atoms with Gasteiger partial charge in [0.25, 0.3) is 5.56 Å². The molecule has 0 amide bonds. The van der Waals surface area contributed by atoms with E-state index in [0.717, 1.165) is 6.42 Å². The van der Waals surface area contributed by atoms with Crippen molar-refractivity contribution < 1.29 is 0 Å². The lowest BCUT2D eigenvalue weighted by Gasteiger charge is -2.13. The van der Waals surface area contributed by atoms with E-state index in [1.807, 2.05) is 12.3 Å². The topological polar surface area (TPSA) is 22.0 Å². The maximum atomic E-state index is 11.5. The predicted molar refractivity (Wildman–Crippen MR) is 61.7 cm³/mol. The molecule has 0 N–H and O–H groups in total. The summed E-state index contributed by atoms with van der Waals surface area (Å²) in [5.74, 6) is 0.587. The van der Waals surface area contributed by atoms with Gasteiger partial charge in [-0.3, -0.25) is 4.79 Å². The molecule has 15 heavy (non-hydrogen) atoms. The first-order valence-corrected chi connectivity index (χ1v) is 5.28. The fraction of sp³-hybridized carbons (Fsp3) is 0.308. The smallest absolute Gasteiger partial charge is 0.250 e. The molecule has 0 spiro atoms. The third-order valence-corrected chi connectivity index (χ3v) is 2.59. The van der Waals surface area contributed by atoms with E-state index in [2.05, 4.69) is 25.2 Å². The van der Waals surface area contributed by atoms with Crippen molar-refractivity contribution in [3.05, 3.63) is 58.6 Å². The third kappa shape index (κ3) is 2.46. The van der Waals surface area contributed by atoms with Crippen LogP contribution in [-0.2, 0) is 6.54 Å². The van der Waals surface area contributed by atoms with Gasteiger partial charge in [-0.1, -0.05) is 31.2 Å². The van der Waals surface area contributed by atoms with E-state index in [1.165, 1.54) is 5.57 Å². The number of allylic oxidation sites excluding steroid dienone is 4. The van der Waals surface area contributed by atoms with E-state index < -0.39 is 0 Å². The standard InChI is InChI=1S/C13H15NO/c1-11-5-4-6-12(9-11)10-14-8-3-2-7-13(14)15/h2-4,6-9,11H,5,10H2,1H3. The summed E-state index contributed by atoms with van der Waals surface area (Å²) >= 11 is 0. The highest BCUT2D eigenvalue weighted by atomic mass is 16.1. The van der Waals surface area contributed by atoms with E-state index in [1.54, 1.807) is 16.7 Å². The molecule has 1 unspecified atom stereocenters. The van der Waals surface area contributed by atoms with Crippen LogP contribution in [0, 0.1) is 5.92 Å². The lowest BCUT2D eigenvalue weighted by atomic mass is 9.98. The Labute approximate surface area is 89.6 Å². The number of hydrogen-bond donors (Lipinski definition) is 0. The second kappa shape index (κ2) is 4.30. The summed E-state index contributed by atoms with van der Waals surface area (Å²) in [5.41, 5.74) is 1.28. The molecule has 1 aromatic rings. The van der Waals surface area contributed by atoms with Crippen LogP contribution in [0.2, 0.25) is 0 Å². The third-order valence-electron chi connectivity index (χ3n) is 2.59. The fourth-order valence-corrected chi connectivity index (χ4v) is 1.82. The normalized spacial score (nSPS) is 20.1. The molecule has 2 nitrogen and oxygen atoms in total. The molecular formula is C13H15NO. The molecule has 0 bridgehead atoms. The minimum absolute atomic E-state index is 0.0602. The summed E-state index contributed by atoms with van der Waals surface area (Å²) in [6.07, 6.45) is 9.45. The zero-order chi connectivity index (χ0) is 10.7. The molecule has 0 radical (unpaired) electrons. The molecule has 1 atom stereocenters. The van der Waals surface area contributed by atoms with E-state index in [-0.39, 0.29) is 5.56 Å². The van der Waals surface area contributed by atoms with Crippen LogP contribution < -0.4 is 5.56 Å². The molecule has 1 aliphatic carbocycles. The fourth-order valence-electron chi connectivity index (χ4n) is 1.82. The number of rotatable bonds is 2. The minimum atomic E-state index is 0.0602. The van der Waals surface area contributed by atoms with Crippen LogP contribution in [0.4, 0.5) is 0 Å². The van der Waals surface area contributed by atoms with Gasteiger partial charge in [0.2, 0.25) is 0 Å². The average Bonchev–Trinajstić information content (AvgIpc) is 2.22. The van der Waals surface area contributed by atoms with Gasteiger partial charge >= 0.3 is 0 Å². The van der Waals surface area contributed by atoms with Gasteiger partial charge in [0.1, 0.15) is 0 Å². The van der Waals surface area contributed by atoms with Crippen LogP contribution in [0.3, 0.4) is 0 Å². The molecule has 0 saturated heterocycles. The number of aromatic nitrogens is 1. The van der Waals surface area contributed by atoms with Gasteiger partial charge in [-0.25, -0.2) is 0 Å². The van der Waals surface area contributed by atoms with Crippen LogP contribution in [-0.4, -0.2) is 4.57 Å². The molecule has 0 fully saturated rings. The van der Waals surface area contributed by atoms with Crippen LogP contribution in [0.15, 0.2) is 53.0 Å². The molecule has 0 aliphatic heterocycles. The zero-order valence-electron chi connectivity index (χ0n) is 8.89. The van der Waals surface area contributed by atoms with Crippen LogP contribution in [0.5, 0.6) is 0 Å². The van der Waals surface area contributed by atoms with E-state index in [9.17, 15) is 4.79 Å². The number of pyridine rings is 1. The van der Waals surface area contributed by atoms with Gasteiger partial charge in [0, 0.05) is 12.3 Å². The molecule has 1 aliphatic rings. The SMILES string of the molecule is CC1C=C(Cn2ccccc2=O)C=CC1. The Morgan fingerprint density at radius 2 is 2.33 bits per heavy atom. The van der Waals surface area contributed by atoms with Crippen LogP contribution in [0.1, 0.15) is 13.3 Å². The molecule has 2 rings (SSSR count). The number of hydrogen-bond acceptors (Lipinski definition) is 1. The van der Waals surface area contributed by atoms with Crippen molar-refractivity contribution in [1.82, 2.24) is 4.57 Å². The second-order valence-corrected chi connectivity index (χ2v) is 4.02. The number of nitrogens with zero attached hydrogens (tertiary/aromatic N) is 1. The van der Waals surface area contributed by atoms with E-state index in [4.69, 9.17) is 0 Å². The quantitative estimate of drug-likeness (QED) is 0.720. The Bertz CT molecular complexity index is 454. The summed E-state index contributed by atoms with van der Waals surface area (Å²) in [4.78, 5) is 11.5. The summed E-state index contributed by atoms with van der Waals surface area (Å²) in [7, 11) is 0. The minimum Gasteiger partial charge on any atom is -0.311 e. The Morgan fingerprint density at radius 3 is 3.07 bits per heavy atom. The monoisotopic (exact) mass is 201 g/mol. The first kappa shape index (κ1) is 9.97. The van der Waals surface area contributed by atoms with E-state index in [0.29, 0.717) is 12.5 Å². The van der Waals surface area contributed by atoms with Gasteiger partial charge in [-0.05, 0) is 24.0 Å². The first-order valence-electron chi connectivity index (χ1n) is 5.28. The van der Waals surface area contributed by atoms with Crippen molar-refractivity contribution in [3.8, 4) is 0 Å². The van der Waals surface area contributed by atoms with Gasteiger partial charge < -0.3 is 4.57 Å². The van der Waals surface area contributed by atoms with Crippen LogP contribution >= 0.6 is 0 Å². The molecule has 0 aromatic carbocycles. The predicted octanol–water partition coefficient (Wildman–Crippen LogP) is 2.37. The Balaban J connectivity index is 2.19. The summed E-state index contributed by atoms with van der Waals surface area (Å²) in [5, 5.41) is 0. The van der Waals surface area contributed by atoms with E-state index >= 15 is 0 Å². The molecular weight excluding hydrogens is 186 g/mol.